The molecule has 3 nitrogen and oxygen atoms in total. The van der Waals surface area contributed by atoms with Crippen LogP contribution >= 0.6 is 0 Å². The monoisotopic (exact) mass is 215 g/mol. The number of alkyl carbamates (subject to hydrolysis) is 1. The van der Waals surface area contributed by atoms with Gasteiger partial charge in [-0.2, -0.15) is 0 Å². The highest BCUT2D eigenvalue weighted by Gasteiger charge is 2.20. The summed E-state index contributed by atoms with van der Waals surface area (Å²) in [6.07, 6.45) is 4.38. The van der Waals surface area contributed by atoms with Gasteiger partial charge in [0, 0.05) is 7.47 Å². The summed E-state index contributed by atoms with van der Waals surface area (Å²) in [7, 11) is 0. The van der Waals surface area contributed by atoms with Gasteiger partial charge in [0.15, 0.2) is 0 Å². The molecule has 0 aliphatic heterocycles. The summed E-state index contributed by atoms with van der Waals surface area (Å²) in [4.78, 5) is 11.4. The summed E-state index contributed by atoms with van der Waals surface area (Å²) in [5.41, 5.74) is 0. The van der Waals surface area contributed by atoms with Crippen LogP contribution in [-0.2, 0) is 4.74 Å². The van der Waals surface area contributed by atoms with Gasteiger partial charge in [0.25, 0.3) is 0 Å². The zero-order valence-corrected chi connectivity index (χ0v) is 10.1. The normalized spacial score (nSPS) is 26.4. The molecular formula is C12H25NO2. The number of carbonyl (C=O) groups excluding carboxylic acids is 1. The van der Waals surface area contributed by atoms with Gasteiger partial charge in [-0.05, 0) is 37.5 Å². The number of amides is 1. The van der Waals surface area contributed by atoms with Crippen LogP contribution in [0.25, 0.3) is 0 Å². The smallest absolute Gasteiger partial charge is 0.407 e. The van der Waals surface area contributed by atoms with Gasteiger partial charge in [-0.1, -0.05) is 20.8 Å². The fourth-order valence-electron chi connectivity index (χ4n) is 1.86. The Balaban J connectivity index is 0.00000225. The molecule has 0 bridgehead atoms. The molecule has 0 heterocycles. The molecule has 1 amide bonds. The number of hydrogen-bond donors (Lipinski definition) is 1. The fourth-order valence-corrected chi connectivity index (χ4v) is 1.86. The number of carbonyl (C=O) groups is 1. The van der Waals surface area contributed by atoms with Crippen LogP contribution in [0.5, 0.6) is 0 Å². The van der Waals surface area contributed by atoms with E-state index in [1.807, 2.05) is 13.8 Å². The van der Waals surface area contributed by atoms with Gasteiger partial charge >= 0.3 is 6.09 Å². The lowest BCUT2D eigenvalue weighted by Gasteiger charge is -2.26. The Morgan fingerprint density at radius 2 is 2.00 bits per heavy atom. The van der Waals surface area contributed by atoms with Gasteiger partial charge < -0.3 is 10.1 Å². The molecule has 0 aromatic rings. The maximum absolute atomic E-state index is 11.4. The van der Waals surface area contributed by atoms with Gasteiger partial charge in [-0.15, -0.1) is 0 Å². The predicted molar refractivity (Wildman–Crippen MR) is 62.9 cm³/mol. The van der Waals surface area contributed by atoms with Gasteiger partial charge in [0.05, 0.1) is 6.61 Å². The first kappa shape index (κ1) is 12.3. The van der Waals surface area contributed by atoms with E-state index in [0.29, 0.717) is 18.6 Å². The minimum Gasteiger partial charge on any atom is -0.449 e. The molecule has 0 aromatic carbocycles. The lowest BCUT2D eigenvalue weighted by Crippen LogP contribution is -2.38. The molecule has 0 radical (unpaired) electrons. The lowest BCUT2D eigenvalue weighted by molar-refractivity contribution is 0.125. The molecule has 1 rings (SSSR count). The highest BCUT2D eigenvalue weighted by molar-refractivity contribution is 5.67. The SMILES string of the molecule is CC(C)COC(=O)NC1CCC(C)CC1.[HH]. The van der Waals surface area contributed by atoms with E-state index in [4.69, 9.17) is 4.74 Å². The van der Waals surface area contributed by atoms with E-state index in [2.05, 4.69) is 12.2 Å². The van der Waals surface area contributed by atoms with Gasteiger partial charge in [0.2, 0.25) is 0 Å². The first-order chi connectivity index (χ1) is 7.08. The molecule has 0 unspecified atom stereocenters. The van der Waals surface area contributed by atoms with Crippen molar-refractivity contribution >= 4 is 6.09 Å². The number of rotatable bonds is 3. The third kappa shape index (κ3) is 5.05. The van der Waals surface area contributed by atoms with E-state index in [9.17, 15) is 4.79 Å². The van der Waals surface area contributed by atoms with Crippen molar-refractivity contribution in [2.45, 2.75) is 52.5 Å². The molecule has 15 heavy (non-hydrogen) atoms. The quantitative estimate of drug-likeness (QED) is 0.785. The van der Waals surface area contributed by atoms with E-state index in [-0.39, 0.29) is 7.52 Å². The Morgan fingerprint density at radius 1 is 1.40 bits per heavy atom. The third-order valence-electron chi connectivity index (χ3n) is 2.89. The lowest BCUT2D eigenvalue weighted by atomic mass is 9.87. The first-order valence-electron chi connectivity index (χ1n) is 6.01. The minimum atomic E-state index is -0.247. The van der Waals surface area contributed by atoms with Crippen molar-refractivity contribution in [2.24, 2.45) is 11.8 Å². The highest BCUT2D eigenvalue weighted by Crippen LogP contribution is 2.23. The fraction of sp³-hybridized carbons (Fsp3) is 0.917. The Hall–Kier alpha value is -0.730. The average molecular weight is 215 g/mol. The largest absolute Gasteiger partial charge is 0.449 e. The molecule has 1 N–H and O–H groups in total. The summed E-state index contributed by atoms with van der Waals surface area (Å²) in [6.45, 7) is 6.85. The predicted octanol–water partition coefficient (Wildman–Crippen LogP) is 3.19. The Morgan fingerprint density at radius 3 is 2.53 bits per heavy atom. The van der Waals surface area contributed by atoms with Crippen molar-refractivity contribution in [3.63, 3.8) is 0 Å². The maximum atomic E-state index is 11.4. The minimum absolute atomic E-state index is 0. The van der Waals surface area contributed by atoms with Crippen LogP contribution < -0.4 is 5.32 Å². The Bertz CT molecular complexity index is 201. The summed E-state index contributed by atoms with van der Waals surface area (Å²) >= 11 is 0. The van der Waals surface area contributed by atoms with Crippen LogP contribution in [0.3, 0.4) is 0 Å². The molecule has 0 atom stereocenters. The van der Waals surface area contributed by atoms with Crippen molar-refractivity contribution in [2.75, 3.05) is 6.61 Å². The molecule has 0 spiro atoms. The molecule has 1 fully saturated rings. The van der Waals surface area contributed by atoms with Crippen molar-refractivity contribution in [1.29, 1.82) is 0 Å². The maximum Gasteiger partial charge on any atom is 0.407 e. The molecule has 90 valence electrons. The van der Waals surface area contributed by atoms with Crippen LogP contribution in [0.1, 0.15) is 47.9 Å². The number of nitrogens with one attached hydrogen (secondary N) is 1. The van der Waals surface area contributed by atoms with E-state index in [1.54, 1.807) is 0 Å². The van der Waals surface area contributed by atoms with Crippen LogP contribution in [0.2, 0.25) is 0 Å². The van der Waals surface area contributed by atoms with Crippen LogP contribution in [0, 0.1) is 11.8 Å². The highest BCUT2D eigenvalue weighted by atomic mass is 16.5. The van der Waals surface area contributed by atoms with E-state index >= 15 is 0 Å². The van der Waals surface area contributed by atoms with E-state index in [1.165, 1.54) is 12.8 Å². The standard InChI is InChI=1S/C12H23NO2.H2/c1-9(2)8-15-12(14)13-11-6-4-10(3)5-7-11;/h9-11H,4-8H2,1-3H3,(H,13,14);1H. The van der Waals surface area contributed by atoms with Crippen molar-refractivity contribution in [3.8, 4) is 0 Å². The van der Waals surface area contributed by atoms with E-state index < -0.39 is 0 Å². The molecule has 1 saturated carbocycles. The summed E-state index contributed by atoms with van der Waals surface area (Å²) < 4.78 is 5.08. The van der Waals surface area contributed by atoms with E-state index in [0.717, 1.165) is 18.8 Å². The second-order valence-electron chi connectivity index (χ2n) is 5.09. The Labute approximate surface area is 94.1 Å². The summed E-state index contributed by atoms with van der Waals surface area (Å²) in [5.74, 6) is 1.22. The van der Waals surface area contributed by atoms with Crippen LogP contribution in [-0.4, -0.2) is 18.7 Å². The second-order valence-corrected chi connectivity index (χ2v) is 5.09. The van der Waals surface area contributed by atoms with Gasteiger partial charge in [-0.25, -0.2) is 4.79 Å². The molecular weight excluding hydrogens is 190 g/mol. The Kier molecular flexibility index (Phi) is 4.92. The van der Waals surface area contributed by atoms with Gasteiger partial charge in [0.1, 0.15) is 0 Å². The van der Waals surface area contributed by atoms with Crippen molar-refractivity contribution in [3.05, 3.63) is 0 Å². The van der Waals surface area contributed by atoms with Crippen molar-refractivity contribution < 1.29 is 11.0 Å². The first-order valence-corrected chi connectivity index (χ1v) is 6.01. The zero-order valence-electron chi connectivity index (χ0n) is 10.1. The second kappa shape index (κ2) is 5.99. The topological polar surface area (TPSA) is 38.3 Å². The molecule has 1 aliphatic carbocycles. The van der Waals surface area contributed by atoms with Crippen LogP contribution in [0.4, 0.5) is 4.79 Å². The summed E-state index contributed by atoms with van der Waals surface area (Å²) in [5, 5.41) is 2.93. The molecule has 0 aromatic heterocycles. The average Bonchev–Trinajstić information content (AvgIpc) is 2.19. The summed E-state index contributed by atoms with van der Waals surface area (Å²) in [6, 6.07) is 0.334. The van der Waals surface area contributed by atoms with Crippen molar-refractivity contribution in [1.82, 2.24) is 5.32 Å². The number of ether oxygens (including phenoxy) is 1. The van der Waals surface area contributed by atoms with Crippen LogP contribution in [0.15, 0.2) is 0 Å². The number of hydrogen-bond acceptors (Lipinski definition) is 2. The molecule has 1 aliphatic rings. The molecule has 0 saturated heterocycles. The van der Waals surface area contributed by atoms with Gasteiger partial charge in [-0.3, -0.25) is 0 Å². The zero-order chi connectivity index (χ0) is 11.3. The molecule has 3 heteroatoms. The third-order valence-corrected chi connectivity index (χ3v) is 2.89.